The molecule has 0 spiro atoms. The van der Waals surface area contributed by atoms with Gasteiger partial charge in [-0.05, 0) is 12.2 Å². The van der Waals surface area contributed by atoms with Crippen LogP contribution in [0.25, 0.3) is 0 Å². The molecule has 56 valence electrons. The number of halogens is 3. The highest BCUT2D eigenvalue weighted by molar-refractivity contribution is 6.37. The second-order valence-corrected chi connectivity index (χ2v) is 3.85. The molecule has 0 aromatic heterocycles. The fraction of sp³-hybridized carbons (Fsp3) is 0.333. The van der Waals surface area contributed by atoms with Gasteiger partial charge in [0.05, 0.1) is 0 Å². The smallest absolute Gasteiger partial charge is 0.116 e. The van der Waals surface area contributed by atoms with E-state index in [2.05, 4.69) is 0 Å². The lowest BCUT2D eigenvalue weighted by molar-refractivity contribution is 0.732. The van der Waals surface area contributed by atoms with Crippen LogP contribution in [0.1, 0.15) is 6.42 Å². The number of hydrogen-bond acceptors (Lipinski definition) is 1. The standard InChI is InChI=1S/C6H6Cl3N/c7-4-1-5(8)3-6(9,10)2-4/h1-2H,3,10H2. The van der Waals surface area contributed by atoms with E-state index in [1.54, 1.807) is 12.2 Å². The summed E-state index contributed by atoms with van der Waals surface area (Å²) in [6.45, 7) is 0. The first kappa shape index (κ1) is 8.41. The van der Waals surface area contributed by atoms with E-state index in [1.165, 1.54) is 0 Å². The van der Waals surface area contributed by atoms with Crippen LogP contribution in [0.5, 0.6) is 0 Å². The van der Waals surface area contributed by atoms with Crippen LogP contribution in [-0.2, 0) is 0 Å². The fourth-order valence-corrected chi connectivity index (χ4v) is 1.89. The zero-order valence-corrected chi connectivity index (χ0v) is 7.34. The van der Waals surface area contributed by atoms with E-state index in [4.69, 9.17) is 40.5 Å². The van der Waals surface area contributed by atoms with Crippen molar-refractivity contribution in [3.05, 3.63) is 22.2 Å². The maximum atomic E-state index is 5.75. The lowest BCUT2D eigenvalue weighted by Crippen LogP contribution is -2.31. The third kappa shape index (κ3) is 2.17. The molecule has 0 amide bonds. The van der Waals surface area contributed by atoms with E-state index in [0.717, 1.165) is 0 Å². The summed E-state index contributed by atoms with van der Waals surface area (Å²) in [5.41, 5.74) is 5.54. The van der Waals surface area contributed by atoms with Crippen molar-refractivity contribution >= 4 is 34.8 Å². The van der Waals surface area contributed by atoms with E-state index in [1.807, 2.05) is 0 Å². The molecule has 1 aliphatic carbocycles. The first-order valence-corrected chi connectivity index (χ1v) is 3.85. The van der Waals surface area contributed by atoms with Crippen LogP contribution in [0.2, 0.25) is 0 Å². The Morgan fingerprint density at radius 1 is 1.50 bits per heavy atom. The topological polar surface area (TPSA) is 26.0 Å². The minimum absolute atomic E-state index is 0.437. The van der Waals surface area contributed by atoms with Crippen LogP contribution in [-0.4, -0.2) is 5.00 Å². The first-order chi connectivity index (χ1) is 4.49. The molecule has 2 N–H and O–H groups in total. The van der Waals surface area contributed by atoms with Crippen LogP contribution >= 0.6 is 34.8 Å². The Hall–Kier alpha value is 0.310. The van der Waals surface area contributed by atoms with Crippen molar-refractivity contribution in [3.63, 3.8) is 0 Å². The second-order valence-electron chi connectivity index (χ2n) is 2.22. The summed E-state index contributed by atoms with van der Waals surface area (Å²) >= 11 is 17.1. The highest BCUT2D eigenvalue weighted by Crippen LogP contribution is 2.30. The minimum atomic E-state index is -0.900. The molecule has 0 heterocycles. The molecule has 1 unspecified atom stereocenters. The Bertz CT molecular complexity index is 205. The predicted molar refractivity (Wildman–Crippen MR) is 45.3 cm³/mol. The van der Waals surface area contributed by atoms with Gasteiger partial charge >= 0.3 is 0 Å². The Morgan fingerprint density at radius 2 is 2.10 bits per heavy atom. The van der Waals surface area contributed by atoms with Crippen molar-refractivity contribution in [1.82, 2.24) is 0 Å². The molecule has 0 aromatic carbocycles. The average Bonchev–Trinajstić information content (AvgIpc) is 1.54. The zero-order chi connectivity index (χ0) is 7.78. The Morgan fingerprint density at radius 3 is 2.50 bits per heavy atom. The quantitative estimate of drug-likeness (QED) is 0.470. The zero-order valence-electron chi connectivity index (χ0n) is 5.07. The van der Waals surface area contributed by atoms with Gasteiger partial charge in [0.2, 0.25) is 0 Å². The van der Waals surface area contributed by atoms with Gasteiger partial charge in [-0.3, -0.25) is 0 Å². The Kier molecular flexibility index (Phi) is 2.31. The minimum Gasteiger partial charge on any atom is -0.309 e. The van der Waals surface area contributed by atoms with Gasteiger partial charge in [-0.2, -0.15) is 0 Å². The summed E-state index contributed by atoms with van der Waals surface area (Å²) in [7, 11) is 0. The van der Waals surface area contributed by atoms with Gasteiger partial charge in [0.25, 0.3) is 0 Å². The average molecular weight is 198 g/mol. The molecule has 0 saturated heterocycles. The number of alkyl halides is 1. The van der Waals surface area contributed by atoms with Crippen molar-refractivity contribution in [3.8, 4) is 0 Å². The van der Waals surface area contributed by atoms with E-state index in [9.17, 15) is 0 Å². The van der Waals surface area contributed by atoms with Crippen molar-refractivity contribution in [1.29, 1.82) is 0 Å². The Balaban J connectivity index is 2.88. The number of allylic oxidation sites excluding steroid dienone is 2. The van der Waals surface area contributed by atoms with Crippen LogP contribution in [0, 0.1) is 0 Å². The summed E-state index contributed by atoms with van der Waals surface area (Å²) in [5, 5.41) is 1.08. The predicted octanol–water partition coefficient (Wildman–Crippen LogP) is 2.53. The molecule has 0 bridgehead atoms. The van der Waals surface area contributed by atoms with E-state index >= 15 is 0 Å². The lowest BCUT2D eigenvalue weighted by Gasteiger charge is -2.20. The molecule has 0 radical (unpaired) electrons. The van der Waals surface area contributed by atoms with Gasteiger partial charge in [-0.15, -0.1) is 0 Å². The lowest BCUT2D eigenvalue weighted by atomic mass is 10.1. The molecule has 10 heavy (non-hydrogen) atoms. The molecule has 0 fully saturated rings. The molecule has 1 atom stereocenters. The maximum Gasteiger partial charge on any atom is 0.116 e. The van der Waals surface area contributed by atoms with Gasteiger partial charge in [0.1, 0.15) is 5.00 Å². The third-order valence-electron chi connectivity index (χ3n) is 1.11. The number of rotatable bonds is 0. The van der Waals surface area contributed by atoms with E-state index < -0.39 is 5.00 Å². The van der Waals surface area contributed by atoms with Crippen molar-refractivity contribution < 1.29 is 0 Å². The van der Waals surface area contributed by atoms with Crippen LogP contribution in [0.15, 0.2) is 22.2 Å². The summed E-state index contributed by atoms with van der Waals surface area (Å²) in [6.07, 6.45) is 3.64. The maximum absolute atomic E-state index is 5.75. The van der Waals surface area contributed by atoms with Crippen LogP contribution in [0.3, 0.4) is 0 Å². The largest absolute Gasteiger partial charge is 0.309 e. The summed E-state index contributed by atoms with van der Waals surface area (Å²) in [4.78, 5) is -0.900. The van der Waals surface area contributed by atoms with Crippen molar-refractivity contribution in [2.75, 3.05) is 0 Å². The van der Waals surface area contributed by atoms with Crippen molar-refractivity contribution in [2.45, 2.75) is 11.4 Å². The van der Waals surface area contributed by atoms with Gasteiger partial charge in [0, 0.05) is 16.5 Å². The molecule has 1 rings (SSSR count). The monoisotopic (exact) mass is 197 g/mol. The van der Waals surface area contributed by atoms with Crippen molar-refractivity contribution in [2.24, 2.45) is 5.73 Å². The Labute approximate surface area is 74.4 Å². The SMILES string of the molecule is NC1(Cl)C=C(Cl)C=C(Cl)C1. The summed E-state index contributed by atoms with van der Waals surface area (Å²) in [6, 6.07) is 0. The second kappa shape index (κ2) is 2.74. The van der Waals surface area contributed by atoms with E-state index in [-0.39, 0.29) is 0 Å². The van der Waals surface area contributed by atoms with Gasteiger partial charge in [-0.1, -0.05) is 34.8 Å². The molecular weight excluding hydrogens is 192 g/mol. The molecule has 1 nitrogen and oxygen atoms in total. The fourth-order valence-electron chi connectivity index (χ4n) is 0.781. The van der Waals surface area contributed by atoms with Crippen LogP contribution < -0.4 is 5.73 Å². The molecule has 1 aliphatic rings. The number of hydrogen-bond donors (Lipinski definition) is 1. The molecule has 0 aliphatic heterocycles. The van der Waals surface area contributed by atoms with Gasteiger partial charge < -0.3 is 5.73 Å². The summed E-state index contributed by atoms with van der Waals surface area (Å²) in [5.74, 6) is 0. The normalized spacial score (nSPS) is 33.2. The van der Waals surface area contributed by atoms with Gasteiger partial charge in [0.15, 0.2) is 0 Å². The highest BCUT2D eigenvalue weighted by Gasteiger charge is 2.23. The molecular formula is C6H6Cl3N. The van der Waals surface area contributed by atoms with Gasteiger partial charge in [-0.25, -0.2) is 0 Å². The van der Waals surface area contributed by atoms with Crippen LogP contribution in [0.4, 0.5) is 0 Å². The number of nitrogens with two attached hydrogens (primary N) is 1. The first-order valence-electron chi connectivity index (χ1n) is 2.72. The molecule has 0 saturated carbocycles. The highest BCUT2D eigenvalue weighted by atomic mass is 35.5. The third-order valence-corrected chi connectivity index (χ3v) is 1.82. The molecule has 0 aromatic rings. The molecule has 4 heteroatoms. The van der Waals surface area contributed by atoms with E-state index in [0.29, 0.717) is 16.5 Å². The summed E-state index contributed by atoms with van der Waals surface area (Å²) < 4.78 is 0.